The number of ether oxygens (including phenoxy) is 1. The molecule has 0 bridgehead atoms. The Morgan fingerprint density at radius 2 is 1.81 bits per heavy atom. The maximum absolute atomic E-state index is 13.4. The van der Waals surface area contributed by atoms with E-state index in [1.54, 1.807) is 31.2 Å². The van der Waals surface area contributed by atoms with E-state index in [0.29, 0.717) is 17.7 Å². The molecule has 0 saturated carbocycles. The molecule has 0 fully saturated rings. The third-order valence-electron chi connectivity index (χ3n) is 5.41. The monoisotopic (exact) mass is 460 g/mol. The van der Waals surface area contributed by atoms with Crippen LogP contribution in [0.15, 0.2) is 47.4 Å². The fraction of sp³-hybridized carbons (Fsp3) is 0.417. The highest BCUT2D eigenvalue weighted by molar-refractivity contribution is 7.89. The zero-order valence-corrected chi connectivity index (χ0v) is 19.6. The van der Waals surface area contributed by atoms with Crippen molar-refractivity contribution < 1.29 is 22.7 Å². The minimum Gasteiger partial charge on any atom is -0.487 e. The van der Waals surface area contributed by atoms with Crippen LogP contribution in [0.5, 0.6) is 5.75 Å². The van der Waals surface area contributed by atoms with E-state index in [-0.39, 0.29) is 41.6 Å². The summed E-state index contributed by atoms with van der Waals surface area (Å²) in [5.41, 5.74) is 1.23. The van der Waals surface area contributed by atoms with Crippen LogP contribution in [-0.4, -0.2) is 68.7 Å². The molecular weight excluding hydrogens is 431 g/mol. The molecule has 32 heavy (non-hydrogen) atoms. The van der Waals surface area contributed by atoms with Gasteiger partial charge in [0.05, 0.1) is 6.61 Å². The second-order valence-corrected chi connectivity index (χ2v) is 10.3. The van der Waals surface area contributed by atoms with Gasteiger partial charge in [-0.1, -0.05) is 18.8 Å². The summed E-state index contributed by atoms with van der Waals surface area (Å²) in [6, 6.07) is 10.0. The number of sulfonamides is 1. The molecular formula is C24H29FN2O4S. The number of rotatable bonds is 4. The maximum atomic E-state index is 13.4. The van der Waals surface area contributed by atoms with Crippen LogP contribution < -0.4 is 4.74 Å². The Balaban J connectivity index is 2.07. The van der Waals surface area contributed by atoms with Crippen molar-refractivity contribution in [1.82, 2.24) is 9.21 Å². The van der Waals surface area contributed by atoms with Crippen LogP contribution >= 0.6 is 0 Å². The lowest BCUT2D eigenvalue weighted by molar-refractivity contribution is 0.0812. The minimum absolute atomic E-state index is 0.0563. The summed E-state index contributed by atoms with van der Waals surface area (Å²) in [6.07, 6.45) is -0.257. The summed E-state index contributed by atoms with van der Waals surface area (Å²) in [6.45, 7) is 4.21. The Bertz CT molecular complexity index is 1110. The standard InChI is InChI=1S/C24H29FN2O4S/c1-17-14-27(18(2)16-28)32(29,30)24-12-9-20(6-5-19-7-10-21(25)11-8-19)13-22(24)31-23(17)15-26(3)4/h7-13,17-18,23,28H,14-16H2,1-4H3/t17-,18-,23-/m1/s1. The highest BCUT2D eigenvalue weighted by atomic mass is 32.2. The molecule has 6 nitrogen and oxygen atoms in total. The molecule has 8 heteroatoms. The smallest absolute Gasteiger partial charge is 0.247 e. The Kier molecular flexibility index (Phi) is 7.57. The Hall–Kier alpha value is -2.44. The SMILES string of the molecule is C[C@@H]1CN([C@H](C)CO)S(=O)(=O)c2ccc(C#Cc3ccc(F)cc3)cc2O[C@@H]1CN(C)C. The van der Waals surface area contributed by atoms with Gasteiger partial charge in [-0.2, -0.15) is 4.31 Å². The lowest BCUT2D eigenvalue weighted by atomic mass is 10.0. The molecule has 1 heterocycles. The van der Waals surface area contributed by atoms with Crippen LogP contribution in [0.25, 0.3) is 0 Å². The third kappa shape index (κ3) is 5.48. The van der Waals surface area contributed by atoms with Gasteiger partial charge in [0.15, 0.2) is 0 Å². The van der Waals surface area contributed by atoms with Crippen molar-refractivity contribution in [1.29, 1.82) is 0 Å². The summed E-state index contributed by atoms with van der Waals surface area (Å²) in [5.74, 6) is 5.75. The van der Waals surface area contributed by atoms with Gasteiger partial charge in [0.2, 0.25) is 10.0 Å². The molecule has 0 aliphatic carbocycles. The van der Waals surface area contributed by atoms with E-state index in [4.69, 9.17) is 4.74 Å². The van der Waals surface area contributed by atoms with Crippen LogP contribution in [0, 0.1) is 23.6 Å². The number of nitrogens with zero attached hydrogens (tertiary/aromatic N) is 2. The molecule has 0 spiro atoms. The van der Waals surface area contributed by atoms with E-state index in [2.05, 4.69) is 11.8 Å². The van der Waals surface area contributed by atoms with Crippen molar-refractivity contribution in [2.45, 2.75) is 30.9 Å². The molecule has 1 aliphatic rings. The normalized spacial score (nSPS) is 21.5. The number of aliphatic hydroxyl groups excluding tert-OH is 1. The number of hydrogen-bond acceptors (Lipinski definition) is 5. The van der Waals surface area contributed by atoms with Gasteiger partial charge < -0.3 is 14.7 Å². The van der Waals surface area contributed by atoms with Crippen LogP contribution in [0.2, 0.25) is 0 Å². The average molecular weight is 461 g/mol. The number of fused-ring (bicyclic) bond motifs is 1. The molecule has 0 saturated heterocycles. The van der Waals surface area contributed by atoms with Crippen LogP contribution in [0.3, 0.4) is 0 Å². The summed E-state index contributed by atoms with van der Waals surface area (Å²) < 4.78 is 47.6. The zero-order chi connectivity index (χ0) is 23.5. The number of aliphatic hydroxyl groups is 1. The van der Waals surface area contributed by atoms with Crippen LogP contribution in [-0.2, 0) is 10.0 Å². The highest BCUT2D eigenvalue weighted by Crippen LogP contribution is 2.34. The largest absolute Gasteiger partial charge is 0.487 e. The van der Waals surface area contributed by atoms with Crippen molar-refractivity contribution in [3.8, 4) is 17.6 Å². The summed E-state index contributed by atoms with van der Waals surface area (Å²) in [5, 5.41) is 9.68. The molecule has 0 radical (unpaired) electrons. The molecule has 172 valence electrons. The first-order valence-corrected chi connectivity index (χ1v) is 11.9. The van der Waals surface area contributed by atoms with Crippen molar-refractivity contribution >= 4 is 10.0 Å². The van der Waals surface area contributed by atoms with E-state index in [1.165, 1.54) is 22.5 Å². The number of halogens is 1. The van der Waals surface area contributed by atoms with Gasteiger partial charge >= 0.3 is 0 Å². The summed E-state index contributed by atoms with van der Waals surface area (Å²) in [7, 11) is -0.0111. The van der Waals surface area contributed by atoms with Crippen LogP contribution in [0.1, 0.15) is 25.0 Å². The predicted molar refractivity (Wildman–Crippen MR) is 121 cm³/mol. The van der Waals surface area contributed by atoms with Crippen molar-refractivity contribution in [3.63, 3.8) is 0 Å². The molecule has 3 atom stereocenters. The summed E-state index contributed by atoms with van der Waals surface area (Å²) >= 11 is 0. The quantitative estimate of drug-likeness (QED) is 0.711. The lowest BCUT2D eigenvalue weighted by Crippen LogP contribution is -2.49. The van der Waals surface area contributed by atoms with Gasteiger partial charge in [-0.3, -0.25) is 0 Å². The van der Waals surface area contributed by atoms with Gasteiger partial charge in [0.25, 0.3) is 0 Å². The molecule has 0 unspecified atom stereocenters. The molecule has 2 aromatic rings. The fourth-order valence-corrected chi connectivity index (χ4v) is 5.38. The van der Waals surface area contributed by atoms with Crippen molar-refractivity contribution in [3.05, 3.63) is 59.4 Å². The molecule has 0 aromatic heterocycles. The van der Waals surface area contributed by atoms with E-state index in [9.17, 15) is 17.9 Å². The van der Waals surface area contributed by atoms with Crippen molar-refractivity contribution in [2.75, 3.05) is 33.8 Å². The first kappa shape index (κ1) is 24.2. The Labute approximate surface area is 189 Å². The average Bonchev–Trinajstić information content (AvgIpc) is 2.75. The van der Waals surface area contributed by atoms with E-state index < -0.39 is 16.1 Å². The molecule has 0 amide bonds. The maximum Gasteiger partial charge on any atom is 0.247 e. The summed E-state index contributed by atoms with van der Waals surface area (Å²) in [4.78, 5) is 2.05. The van der Waals surface area contributed by atoms with E-state index in [1.807, 2.05) is 25.9 Å². The highest BCUT2D eigenvalue weighted by Gasteiger charge is 2.37. The van der Waals surface area contributed by atoms with Gasteiger partial charge in [0, 0.05) is 36.2 Å². The van der Waals surface area contributed by atoms with Crippen LogP contribution in [0.4, 0.5) is 4.39 Å². The number of likely N-dealkylation sites (N-methyl/N-ethyl adjacent to an activating group) is 1. The van der Waals surface area contributed by atoms with E-state index in [0.717, 1.165) is 0 Å². The Morgan fingerprint density at radius 3 is 2.44 bits per heavy atom. The second-order valence-electron chi connectivity index (χ2n) is 8.42. The van der Waals surface area contributed by atoms with Gasteiger partial charge in [-0.15, -0.1) is 0 Å². The molecule has 2 aromatic carbocycles. The van der Waals surface area contributed by atoms with Gasteiger partial charge in [-0.25, -0.2) is 12.8 Å². The predicted octanol–water partition coefficient (Wildman–Crippen LogP) is 2.56. The lowest BCUT2D eigenvalue weighted by Gasteiger charge is -2.37. The molecule has 3 rings (SSSR count). The Morgan fingerprint density at radius 1 is 1.19 bits per heavy atom. The zero-order valence-electron chi connectivity index (χ0n) is 18.7. The fourth-order valence-electron chi connectivity index (χ4n) is 3.56. The van der Waals surface area contributed by atoms with Crippen molar-refractivity contribution in [2.24, 2.45) is 5.92 Å². The van der Waals surface area contributed by atoms with E-state index >= 15 is 0 Å². The number of benzene rings is 2. The second kappa shape index (κ2) is 10.0. The molecule has 1 aliphatic heterocycles. The number of hydrogen-bond donors (Lipinski definition) is 1. The topological polar surface area (TPSA) is 70.1 Å². The first-order chi connectivity index (χ1) is 15.1. The molecule has 1 N–H and O–H groups in total. The third-order valence-corrected chi connectivity index (χ3v) is 7.43. The first-order valence-electron chi connectivity index (χ1n) is 10.5. The van der Waals surface area contributed by atoms with Gasteiger partial charge in [0.1, 0.15) is 22.6 Å². The minimum atomic E-state index is -3.88. The van der Waals surface area contributed by atoms with Gasteiger partial charge in [-0.05, 0) is 63.5 Å².